The fraction of sp³-hybridized carbons (Fsp3) is 0.0556. The first-order chi connectivity index (χ1) is 11.7. The Morgan fingerprint density at radius 2 is 2.00 bits per heavy atom. The molecule has 3 rings (SSSR count). The Bertz CT molecular complexity index is 841. The molecule has 1 aromatic carbocycles. The van der Waals surface area contributed by atoms with Gasteiger partial charge in [0.05, 0.1) is 12.7 Å². The fourth-order valence-corrected chi connectivity index (χ4v) is 2.27. The number of hydrogen-bond acceptors (Lipinski definition) is 3. The van der Waals surface area contributed by atoms with Gasteiger partial charge in [0.15, 0.2) is 0 Å². The summed E-state index contributed by atoms with van der Waals surface area (Å²) in [6.07, 6.45) is 8.20. The highest BCUT2D eigenvalue weighted by molar-refractivity contribution is 6.30. The van der Waals surface area contributed by atoms with Crippen molar-refractivity contribution in [3.63, 3.8) is 0 Å². The van der Waals surface area contributed by atoms with E-state index in [1.165, 1.54) is 6.08 Å². The minimum atomic E-state index is -0.225. The number of pyridine rings is 1. The summed E-state index contributed by atoms with van der Waals surface area (Å²) in [7, 11) is 0. The first kappa shape index (κ1) is 16.0. The van der Waals surface area contributed by atoms with E-state index in [4.69, 9.17) is 11.6 Å². The van der Waals surface area contributed by atoms with E-state index >= 15 is 0 Å². The van der Waals surface area contributed by atoms with Gasteiger partial charge in [0.1, 0.15) is 5.82 Å². The molecule has 1 N–H and O–H groups in total. The van der Waals surface area contributed by atoms with Crippen LogP contribution in [0, 0.1) is 0 Å². The Morgan fingerprint density at radius 3 is 2.75 bits per heavy atom. The summed E-state index contributed by atoms with van der Waals surface area (Å²) in [5.74, 6) is 0.405. The van der Waals surface area contributed by atoms with E-state index in [0.717, 1.165) is 11.1 Å². The van der Waals surface area contributed by atoms with Crippen LogP contribution in [-0.2, 0) is 11.3 Å². The van der Waals surface area contributed by atoms with Crippen LogP contribution in [-0.4, -0.2) is 20.7 Å². The van der Waals surface area contributed by atoms with Crippen LogP contribution in [0.4, 0.5) is 5.82 Å². The van der Waals surface area contributed by atoms with Gasteiger partial charge in [-0.3, -0.25) is 9.78 Å². The van der Waals surface area contributed by atoms with Crippen LogP contribution in [0.25, 0.3) is 6.08 Å². The number of nitrogens with zero attached hydrogens (tertiary/aromatic N) is 3. The molecule has 0 aliphatic heterocycles. The Morgan fingerprint density at radius 1 is 1.17 bits per heavy atom. The van der Waals surface area contributed by atoms with Crippen LogP contribution >= 0.6 is 11.6 Å². The first-order valence-corrected chi connectivity index (χ1v) is 7.74. The molecule has 120 valence electrons. The molecule has 0 radical (unpaired) electrons. The largest absolute Gasteiger partial charge is 0.307 e. The van der Waals surface area contributed by atoms with E-state index in [1.807, 2.05) is 36.4 Å². The van der Waals surface area contributed by atoms with Crippen molar-refractivity contribution in [3.05, 3.63) is 83.3 Å². The van der Waals surface area contributed by atoms with Crippen molar-refractivity contribution < 1.29 is 4.79 Å². The van der Waals surface area contributed by atoms with Crippen LogP contribution in [0.1, 0.15) is 11.1 Å². The van der Waals surface area contributed by atoms with Crippen LogP contribution < -0.4 is 5.32 Å². The van der Waals surface area contributed by atoms with Gasteiger partial charge in [-0.1, -0.05) is 29.8 Å². The van der Waals surface area contributed by atoms with Crippen molar-refractivity contribution in [1.29, 1.82) is 0 Å². The molecular weight excluding hydrogens is 324 g/mol. The third-order valence-electron chi connectivity index (χ3n) is 3.32. The first-order valence-electron chi connectivity index (χ1n) is 7.36. The number of nitrogens with one attached hydrogen (secondary N) is 1. The summed E-state index contributed by atoms with van der Waals surface area (Å²) in [5, 5.41) is 7.75. The predicted molar refractivity (Wildman–Crippen MR) is 94.7 cm³/mol. The number of carbonyl (C=O) groups excluding carboxylic acids is 1. The molecular formula is C18H15ClN4O. The maximum Gasteiger partial charge on any atom is 0.249 e. The minimum Gasteiger partial charge on any atom is -0.307 e. The van der Waals surface area contributed by atoms with Crippen molar-refractivity contribution in [3.8, 4) is 0 Å². The third-order valence-corrected chi connectivity index (χ3v) is 3.58. The standard InChI is InChI=1S/C18H15ClN4O/c19-16-6-3-15(4-7-16)13-23-17(9-11-21-23)22-18(24)8-5-14-2-1-10-20-12-14/h1-12H,13H2,(H,22,24). The van der Waals surface area contributed by atoms with E-state index in [0.29, 0.717) is 17.4 Å². The van der Waals surface area contributed by atoms with Gasteiger partial charge in [-0.2, -0.15) is 5.10 Å². The molecule has 0 bridgehead atoms. The lowest BCUT2D eigenvalue weighted by molar-refractivity contribution is -0.111. The van der Waals surface area contributed by atoms with Gasteiger partial charge in [-0.05, 0) is 35.4 Å². The topological polar surface area (TPSA) is 59.8 Å². The molecule has 0 unspecified atom stereocenters. The van der Waals surface area contributed by atoms with Gasteiger partial charge in [0, 0.05) is 29.6 Å². The van der Waals surface area contributed by atoms with E-state index < -0.39 is 0 Å². The van der Waals surface area contributed by atoms with Crippen LogP contribution in [0.5, 0.6) is 0 Å². The smallest absolute Gasteiger partial charge is 0.249 e. The zero-order valence-electron chi connectivity index (χ0n) is 12.8. The van der Waals surface area contributed by atoms with E-state index in [1.54, 1.807) is 35.4 Å². The molecule has 0 atom stereocenters. The van der Waals surface area contributed by atoms with Gasteiger partial charge in [-0.25, -0.2) is 4.68 Å². The highest BCUT2D eigenvalue weighted by atomic mass is 35.5. The van der Waals surface area contributed by atoms with Crippen molar-refractivity contribution >= 4 is 29.4 Å². The minimum absolute atomic E-state index is 0.225. The quantitative estimate of drug-likeness (QED) is 0.723. The number of halogens is 1. The lowest BCUT2D eigenvalue weighted by atomic mass is 10.2. The third kappa shape index (κ3) is 4.30. The van der Waals surface area contributed by atoms with Gasteiger partial charge in [0.25, 0.3) is 0 Å². The molecule has 6 heteroatoms. The lowest BCUT2D eigenvalue weighted by Crippen LogP contribution is -2.13. The average Bonchev–Trinajstić information content (AvgIpc) is 3.03. The second-order valence-corrected chi connectivity index (χ2v) is 5.55. The number of amides is 1. The monoisotopic (exact) mass is 338 g/mol. The van der Waals surface area contributed by atoms with E-state index in [2.05, 4.69) is 15.4 Å². The lowest BCUT2D eigenvalue weighted by Gasteiger charge is -2.08. The number of carbonyl (C=O) groups is 1. The highest BCUT2D eigenvalue weighted by Gasteiger charge is 2.06. The molecule has 2 aromatic heterocycles. The number of aromatic nitrogens is 3. The molecule has 5 nitrogen and oxygen atoms in total. The number of rotatable bonds is 5. The van der Waals surface area contributed by atoms with Crippen LogP contribution in [0.3, 0.4) is 0 Å². The molecule has 0 fully saturated rings. The second kappa shape index (κ2) is 7.57. The van der Waals surface area contributed by atoms with Crippen molar-refractivity contribution in [2.75, 3.05) is 5.32 Å². The molecule has 1 amide bonds. The molecule has 3 aromatic rings. The Hall–Kier alpha value is -2.92. The van der Waals surface area contributed by atoms with E-state index in [9.17, 15) is 4.79 Å². The maximum atomic E-state index is 12.1. The molecule has 0 saturated carbocycles. The SMILES string of the molecule is O=C(C=Cc1cccnc1)Nc1ccnn1Cc1ccc(Cl)cc1. The van der Waals surface area contributed by atoms with Gasteiger partial charge < -0.3 is 5.32 Å². The Kier molecular flexibility index (Phi) is 5.03. The Labute approximate surface area is 144 Å². The summed E-state index contributed by atoms with van der Waals surface area (Å²) < 4.78 is 1.72. The molecule has 0 aliphatic carbocycles. The number of anilines is 1. The normalized spacial score (nSPS) is 10.9. The summed E-state index contributed by atoms with van der Waals surface area (Å²) >= 11 is 5.89. The predicted octanol–water partition coefficient (Wildman–Crippen LogP) is 3.63. The maximum absolute atomic E-state index is 12.1. The van der Waals surface area contributed by atoms with Crippen molar-refractivity contribution in [1.82, 2.24) is 14.8 Å². The van der Waals surface area contributed by atoms with Crippen LogP contribution in [0.2, 0.25) is 5.02 Å². The fourth-order valence-electron chi connectivity index (χ4n) is 2.14. The molecule has 0 saturated heterocycles. The van der Waals surface area contributed by atoms with E-state index in [-0.39, 0.29) is 5.91 Å². The molecule has 2 heterocycles. The molecule has 24 heavy (non-hydrogen) atoms. The summed E-state index contributed by atoms with van der Waals surface area (Å²) in [6, 6.07) is 13.0. The van der Waals surface area contributed by atoms with Crippen molar-refractivity contribution in [2.24, 2.45) is 0 Å². The van der Waals surface area contributed by atoms with Gasteiger partial charge in [-0.15, -0.1) is 0 Å². The van der Waals surface area contributed by atoms with Gasteiger partial charge in [0.2, 0.25) is 5.91 Å². The zero-order valence-corrected chi connectivity index (χ0v) is 13.5. The number of benzene rings is 1. The van der Waals surface area contributed by atoms with Gasteiger partial charge >= 0.3 is 0 Å². The zero-order chi connectivity index (χ0) is 16.8. The summed E-state index contributed by atoms with van der Waals surface area (Å²) in [5.41, 5.74) is 1.91. The second-order valence-electron chi connectivity index (χ2n) is 5.11. The highest BCUT2D eigenvalue weighted by Crippen LogP contribution is 2.13. The summed E-state index contributed by atoms with van der Waals surface area (Å²) in [4.78, 5) is 16.1. The van der Waals surface area contributed by atoms with Crippen LogP contribution in [0.15, 0.2) is 67.1 Å². The average molecular weight is 339 g/mol. The molecule has 0 spiro atoms. The van der Waals surface area contributed by atoms with Crippen molar-refractivity contribution in [2.45, 2.75) is 6.54 Å². The number of hydrogen-bond donors (Lipinski definition) is 1. The summed E-state index contributed by atoms with van der Waals surface area (Å²) in [6.45, 7) is 0.548. The molecule has 0 aliphatic rings. The Balaban J connectivity index is 1.65.